The number of hydrogen-bond donors (Lipinski definition) is 1. The van der Waals surface area contributed by atoms with Crippen LogP contribution >= 0.6 is 34.8 Å². The summed E-state index contributed by atoms with van der Waals surface area (Å²) in [4.78, 5) is 15.8. The lowest BCUT2D eigenvalue weighted by atomic mass is 9.96. The second-order valence-corrected chi connectivity index (χ2v) is 12.1. The van der Waals surface area contributed by atoms with Crippen LogP contribution in [0.5, 0.6) is 0 Å². The molecule has 9 heteroatoms. The van der Waals surface area contributed by atoms with Crippen molar-refractivity contribution in [1.29, 1.82) is 0 Å². The van der Waals surface area contributed by atoms with Gasteiger partial charge in [0, 0.05) is 26.3 Å². The summed E-state index contributed by atoms with van der Waals surface area (Å²) in [5, 5.41) is 1.17. The van der Waals surface area contributed by atoms with Crippen molar-refractivity contribution in [2.45, 2.75) is 23.9 Å². The molecule has 4 aromatic carbocycles. The number of halogens is 3. The van der Waals surface area contributed by atoms with E-state index >= 15 is 0 Å². The number of rotatable bonds is 6. The van der Waals surface area contributed by atoms with Gasteiger partial charge in [0.05, 0.1) is 17.0 Å². The number of benzene rings is 4. The molecule has 0 aliphatic carbocycles. The Morgan fingerprint density at radius 2 is 1.49 bits per heavy atom. The Bertz CT molecular complexity index is 1670. The van der Waals surface area contributed by atoms with Gasteiger partial charge in [0.15, 0.2) is 0 Å². The summed E-state index contributed by atoms with van der Waals surface area (Å²) in [6.07, 6.45) is 1.61. The molecule has 0 unspecified atom stereocenters. The number of nitrogens with one attached hydrogen (secondary N) is 1. The molecule has 0 aromatic heterocycles. The van der Waals surface area contributed by atoms with Crippen molar-refractivity contribution in [1.82, 2.24) is 4.72 Å². The third kappa shape index (κ3) is 5.62. The predicted octanol–water partition coefficient (Wildman–Crippen LogP) is 7.47. The SMILES string of the molecule is Cc1ccc(S(=O)(=O)N[C@H]2/C(=C/c3ccc(Cl)cc3Cl)C(=O)N(c3ccccc3)[C@@H]2c2ccccc2Cl)cc1. The molecular weight excluding hydrogens is 575 g/mol. The Morgan fingerprint density at radius 1 is 0.821 bits per heavy atom. The molecule has 198 valence electrons. The van der Waals surface area contributed by atoms with Crippen LogP contribution in [0.25, 0.3) is 6.08 Å². The molecule has 1 aliphatic rings. The highest BCUT2D eigenvalue weighted by atomic mass is 35.5. The number of anilines is 1. The van der Waals surface area contributed by atoms with E-state index in [2.05, 4.69) is 4.72 Å². The quantitative estimate of drug-likeness (QED) is 0.235. The topological polar surface area (TPSA) is 66.5 Å². The average Bonchev–Trinajstić information content (AvgIpc) is 3.16. The third-order valence-corrected chi connectivity index (χ3v) is 8.90. The molecule has 1 fully saturated rings. The zero-order valence-corrected chi connectivity index (χ0v) is 23.8. The van der Waals surface area contributed by atoms with E-state index in [0.29, 0.717) is 31.9 Å². The van der Waals surface area contributed by atoms with Crippen LogP contribution in [-0.2, 0) is 14.8 Å². The third-order valence-electron chi connectivity index (χ3n) is 6.54. The normalized spacial score (nSPS) is 18.6. The molecule has 39 heavy (non-hydrogen) atoms. The number of carbonyl (C=O) groups excluding carboxylic acids is 1. The van der Waals surface area contributed by atoms with Gasteiger partial charge in [-0.25, -0.2) is 13.1 Å². The van der Waals surface area contributed by atoms with Gasteiger partial charge in [-0.3, -0.25) is 9.69 Å². The van der Waals surface area contributed by atoms with E-state index in [4.69, 9.17) is 34.8 Å². The summed E-state index contributed by atoms with van der Waals surface area (Å²) in [5.74, 6) is -0.381. The number of sulfonamides is 1. The summed E-state index contributed by atoms with van der Waals surface area (Å²) in [5.41, 5.74) is 2.85. The molecule has 0 bridgehead atoms. The highest BCUT2D eigenvalue weighted by Gasteiger charge is 2.48. The molecular formula is C30H23Cl3N2O3S. The van der Waals surface area contributed by atoms with E-state index in [1.54, 1.807) is 77.7 Å². The number of hydrogen-bond acceptors (Lipinski definition) is 3. The molecule has 0 radical (unpaired) electrons. The highest BCUT2D eigenvalue weighted by molar-refractivity contribution is 7.89. The van der Waals surface area contributed by atoms with Crippen LogP contribution in [-0.4, -0.2) is 20.4 Å². The zero-order valence-electron chi connectivity index (χ0n) is 20.7. The van der Waals surface area contributed by atoms with E-state index in [1.807, 2.05) is 25.1 Å². The standard InChI is InChI=1S/C30H23Cl3N2O3S/c1-19-11-15-23(16-12-19)39(37,38)34-28-25(17-20-13-14-21(31)18-27(20)33)30(36)35(22-7-3-2-4-8-22)29(28)24-9-5-6-10-26(24)32/h2-18,28-29,34H,1H3/b25-17-/t28-,29+/m0/s1. The van der Waals surface area contributed by atoms with Crippen LogP contribution < -0.4 is 9.62 Å². The summed E-state index contributed by atoms with van der Waals surface area (Å²) >= 11 is 19.2. The first-order chi connectivity index (χ1) is 18.7. The largest absolute Gasteiger partial charge is 0.299 e. The second kappa shape index (κ2) is 11.2. The number of amides is 1. The Balaban J connectivity index is 1.73. The minimum atomic E-state index is -4.05. The smallest absolute Gasteiger partial charge is 0.256 e. The van der Waals surface area contributed by atoms with Gasteiger partial charge < -0.3 is 0 Å². The molecule has 1 amide bonds. The molecule has 2 atom stereocenters. The first kappa shape index (κ1) is 27.4. The van der Waals surface area contributed by atoms with Crippen molar-refractivity contribution in [2.24, 2.45) is 0 Å². The van der Waals surface area contributed by atoms with Crippen LogP contribution in [0.15, 0.2) is 108 Å². The van der Waals surface area contributed by atoms with E-state index < -0.39 is 22.1 Å². The van der Waals surface area contributed by atoms with E-state index in [1.165, 1.54) is 12.1 Å². The average molecular weight is 598 g/mol. The van der Waals surface area contributed by atoms with Gasteiger partial charge in [0.1, 0.15) is 0 Å². The lowest BCUT2D eigenvalue weighted by molar-refractivity contribution is -0.114. The Labute approximate surface area is 242 Å². The fourth-order valence-corrected chi connectivity index (χ4v) is 6.57. The number of aryl methyl sites for hydroxylation is 1. The molecule has 5 nitrogen and oxygen atoms in total. The van der Waals surface area contributed by atoms with Crippen molar-refractivity contribution in [3.8, 4) is 0 Å². The Hall–Kier alpha value is -3.13. The maximum atomic E-state index is 14.2. The van der Waals surface area contributed by atoms with Gasteiger partial charge in [0.2, 0.25) is 10.0 Å². The maximum absolute atomic E-state index is 14.2. The molecule has 1 heterocycles. The van der Waals surface area contributed by atoms with Crippen molar-refractivity contribution in [3.05, 3.63) is 134 Å². The predicted molar refractivity (Wildman–Crippen MR) is 158 cm³/mol. The second-order valence-electron chi connectivity index (χ2n) is 9.15. The van der Waals surface area contributed by atoms with Crippen molar-refractivity contribution >= 4 is 62.5 Å². The number of para-hydroxylation sites is 1. The van der Waals surface area contributed by atoms with Gasteiger partial charge in [-0.1, -0.05) is 95.0 Å². The first-order valence-corrected chi connectivity index (χ1v) is 14.7. The van der Waals surface area contributed by atoms with Gasteiger partial charge in [-0.15, -0.1) is 0 Å². The van der Waals surface area contributed by atoms with Crippen molar-refractivity contribution in [2.75, 3.05) is 4.90 Å². The zero-order chi connectivity index (χ0) is 27.7. The fourth-order valence-electron chi connectivity index (χ4n) is 4.64. The molecule has 1 N–H and O–H groups in total. The van der Waals surface area contributed by atoms with Gasteiger partial charge in [0.25, 0.3) is 5.91 Å². The maximum Gasteiger partial charge on any atom is 0.256 e. The summed E-state index contributed by atoms with van der Waals surface area (Å²) < 4.78 is 30.2. The number of nitrogens with zero attached hydrogens (tertiary/aromatic N) is 1. The van der Waals surface area contributed by atoms with Crippen LogP contribution in [0.4, 0.5) is 5.69 Å². The van der Waals surface area contributed by atoms with Crippen LogP contribution in [0.1, 0.15) is 22.7 Å². The van der Waals surface area contributed by atoms with Gasteiger partial charge in [-0.05, 0) is 66.6 Å². The van der Waals surface area contributed by atoms with Crippen molar-refractivity contribution in [3.63, 3.8) is 0 Å². The van der Waals surface area contributed by atoms with Crippen LogP contribution in [0.3, 0.4) is 0 Å². The minimum absolute atomic E-state index is 0.0838. The Kier molecular flexibility index (Phi) is 7.85. The lowest BCUT2D eigenvalue weighted by Crippen LogP contribution is -2.40. The van der Waals surface area contributed by atoms with Gasteiger partial charge in [-0.2, -0.15) is 0 Å². The molecule has 4 aromatic rings. The first-order valence-electron chi connectivity index (χ1n) is 12.0. The van der Waals surface area contributed by atoms with Crippen LogP contribution in [0.2, 0.25) is 15.1 Å². The molecule has 0 saturated carbocycles. The fraction of sp³-hybridized carbons (Fsp3) is 0.100. The summed E-state index contributed by atoms with van der Waals surface area (Å²) in [6.45, 7) is 1.88. The van der Waals surface area contributed by atoms with E-state index in [0.717, 1.165) is 5.56 Å². The monoisotopic (exact) mass is 596 g/mol. The summed E-state index contributed by atoms with van der Waals surface area (Å²) in [6, 6.07) is 25.8. The summed E-state index contributed by atoms with van der Waals surface area (Å²) in [7, 11) is -4.05. The molecule has 1 saturated heterocycles. The Morgan fingerprint density at radius 3 is 2.15 bits per heavy atom. The molecule has 5 rings (SSSR count). The van der Waals surface area contributed by atoms with Crippen molar-refractivity contribution < 1.29 is 13.2 Å². The molecule has 0 spiro atoms. The number of carbonyl (C=O) groups is 1. The van der Waals surface area contributed by atoms with E-state index in [-0.39, 0.29) is 16.4 Å². The van der Waals surface area contributed by atoms with E-state index in [9.17, 15) is 13.2 Å². The van der Waals surface area contributed by atoms with Crippen LogP contribution in [0, 0.1) is 6.92 Å². The minimum Gasteiger partial charge on any atom is -0.299 e. The molecule has 1 aliphatic heterocycles. The lowest BCUT2D eigenvalue weighted by Gasteiger charge is -2.29. The highest BCUT2D eigenvalue weighted by Crippen LogP contribution is 2.43. The van der Waals surface area contributed by atoms with Gasteiger partial charge >= 0.3 is 0 Å².